The number of hydrogen-bond donors (Lipinski definition) is 2. The van der Waals surface area contributed by atoms with Crippen LogP contribution in [0.25, 0.3) is 33.2 Å². The van der Waals surface area contributed by atoms with Gasteiger partial charge in [0.15, 0.2) is 0 Å². The topological polar surface area (TPSA) is 114 Å². The van der Waals surface area contributed by atoms with Gasteiger partial charge in [-0.05, 0) is 52.7 Å². The third-order valence-electron chi connectivity index (χ3n) is 5.39. The number of rotatable bonds is 4. The Kier molecular flexibility index (Phi) is 5.72. The zero-order chi connectivity index (χ0) is 24.6. The van der Waals surface area contributed by atoms with Gasteiger partial charge >= 0.3 is 6.03 Å². The van der Waals surface area contributed by atoms with E-state index in [0.29, 0.717) is 22.4 Å². The van der Waals surface area contributed by atoms with E-state index in [1.54, 1.807) is 48.8 Å². The van der Waals surface area contributed by atoms with E-state index in [4.69, 9.17) is 11.6 Å². The van der Waals surface area contributed by atoms with E-state index < -0.39 is 16.1 Å². The molecule has 0 aliphatic carbocycles. The summed E-state index contributed by atoms with van der Waals surface area (Å²) in [7, 11) is -4.17. The number of phenols is 1. The van der Waals surface area contributed by atoms with Crippen molar-refractivity contribution in [2.75, 3.05) is 0 Å². The Bertz CT molecular complexity index is 1680. The maximum Gasteiger partial charge on any atom is 0.355 e. The van der Waals surface area contributed by atoms with Gasteiger partial charge in [0.1, 0.15) is 11.4 Å². The number of aromatic nitrogens is 3. The fourth-order valence-corrected chi connectivity index (χ4v) is 4.74. The largest absolute Gasteiger partial charge is 0.506 e. The molecule has 2 heterocycles. The molecule has 0 saturated carbocycles. The van der Waals surface area contributed by atoms with Crippen molar-refractivity contribution < 1.29 is 18.3 Å². The first-order chi connectivity index (χ1) is 16.8. The molecule has 35 heavy (non-hydrogen) atoms. The van der Waals surface area contributed by atoms with Crippen LogP contribution < -0.4 is 4.72 Å². The van der Waals surface area contributed by atoms with Gasteiger partial charge in [0, 0.05) is 29.7 Å². The van der Waals surface area contributed by atoms with Gasteiger partial charge in [0.25, 0.3) is 10.0 Å². The Balaban J connectivity index is 1.53. The number of nitrogens with one attached hydrogen (secondary N) is 1. The average Bonchev–Trinajstić information content (AvgIpc) is 3.31. The molecule has 10 heteroatoms. The Morgan fingerprint density at radius 1 is 0.914 bits per heavy atom. The molecule has 0 aliphatic heterocycles. The Hall–Kier alpha value is -4.21. The molecule has 0 fully saturated rings. The number of carbonyl (C=O) groups excluding carboxylic acids is 1. The lowest BCUT2D eigenvalue weighted by Crippen LogP contribution is -2.34. The van der Waals surface area contributed by atoms with E-state index in [2.05, 4.69) is 14.8 Å². The summed E-state index contributed by atoms with van der Waals surface area (Å²) in [6.07, 6.45) is 4.58. The molecule has 2 aromatic heterocycles. The monoisotopic (exact) mass is 504 g/mol. The minimum Gasteiger partial charge on any atom is -0.506 e. The molecule has 0 spiro atoms. The first kappa shape index (κ1) is 22.6. The summed E-state index contributed by atoms with van der Waals surface area (Å²) in [6, 6.07) is 19.0. The van der Waals surface area contributed by atoms with Crippen molar-refractivity contribution >= 4 is 38.4 Å². The van der Waals surface area contributed by atoms with E-state index in [9.17, 15) is 18.3 Å². The molecule has 3 aromatic carbocycles. The number of pyridine rings is 1. The fraction of sp³-hybridized carbons (Fsp3) is 0. The predicted octanol–water partition coefficient (Wildman–Crippen LogP) is 5.07. The van der Waals surface area contributed by atoms with Crippen molar-refractivity contribution in [3.63, 3.8) is 0 Å². The van der Waals surface area contributed by atoms with Crippen LogP contribution in [0.2, 0.25) is 5.02 Å². The summed E-state index contributed by atoms with van der Waals surface area (Å²) in [5, 5.41) is 16.1. The van der Waals surface area contributed by atoms with Gasteiger partial charge in [-0.1, -0.05) is 48.0 Å². The highest BCUT2D eigenvalue weighted by atomic mass is 35.5. The van der Waals surface area contributed by atoms with Gasteiger partial charge in [-0.25, -0.2) is 17.9 Å². The Morgan fingerprint density at radius 3 is 2.40 bits per heavy atom. The lowest BCUT2D eigenvalue weighted by molar-refractivity contribution is 0.244. The van der Waals surface area contributed by atoms with Crippen molar-refractivity contribution in [1.29, 1.82) is 0 Å². The highest BCUT2D eigenvalue weighted by Crippen LogP contribution is 2.34. The summed E-state index contributed by atoms with van der Waals surface area (Å²) >= 11 is 5.93. The first-order valence-electron chi connectivity index (χ1n) is 10.4. The highest BCUT2D eigenvalue weighted by molar-refractivity contribution is 7.90. The molecule has 0 unspecified atom stereocenters. The number of fused-ring (bicyclic) bond motifs is 1. The molecule has 2 N–H and O–H groups in total. The number of amides is 1. The van der Waals surface area contributed by atoms with Crippen LogP contribution in [0.15, 0.2) is 96.3 Å². The number of carbonyl (C=O) groups is 1. The van der Waals surface area contributed by atoms with E-state index in [1.807, 2.05) is 12.1 Å². The molecule has 0 saturated heterocycles. The van der Waals surface area contributed by atoms with Crippen LogP contribution in [-0.4, -0.2) is 34.3 Å². The molecule has 174 valence electrons. The summed E-state index contributed by atoms with van der Waals surface area (Å²) in [6.45, 7) is 0. The number of hydrogen-bond acceptors (Lipinski definition) is 6. The molecule has 0 atom stereocenters. The molecule has 1 amide bonds. The van der Waals surface area contributed by atoms with Gasteiger partial charge < -0.3 is 5.11 Å². The van der Waals surface area contributed by atoms with E-state index in [0.717, 1.165) is 15.5 Å². The summed E-state index contributed by atoms with van der Waals surface area (Å²) in [4.78, 5) is 16.9. The molecular weight excluding hydrogens is 488 g/mol. The number of benzene rings is 3. The van der Waals surface area contributed by atoms with Crippen LogP contribution in [0.1, 0.15) is 0 Å². The summed E-state index contributed by atoms with van der Waals surface area (Å²) in [5.41, 5.74) is 2.07. The van der Waals surface area contributed by atoms with E-state index >= 15 is 0 Å². The molecule has 5 rings (SSSR count). The second-order valence-electron chi connectivity index (χ2n) is 7.66. The van der Waals surface area contributed by atoms with Gasteiger partial charge in [0.05, 0.1) is 9.92 Å². The SMILES string of the molecule is O=C(NS(=O)(=O)c1ccc2ccccc2c1)n1cc(-c2ccncc2)c(-c2ccc(Cl)c(O)c2)n1. The van der Waals surface area contributed by atoms with Crippen molar-refractivity contribution in [3.05, 3.63) is 96.4 Å². The molecular formula is C25H17ClN4O4S. The predicted molar refractivity (Wildman–Crippen MR) is 133 cm³/mol. The zero-order valence-electron chi connectivity index (χ0n) is 18.0. The van der Waals surface area contributed by atoms with Crippen molar-refractivity contribution in [1.82, 2.24) is 19.5 Å². The average molecular weight is 505 g/mol. The number of aromatic hydroxyl groups is 1. The lowest BCUT2D eigenvalue weighted by atomic mass is 10.0. The number of halogens is 1. The molecule has 0 bridgehead atoms. The molecule has 5 aromatic rings. The second-order valence-corrected chi connectivity index (χ2v) is 9.75. The number of phenolic OH excluding ortho intramolecular Hbond substituents is 1. The van der Waals surface area contributed by atoms with Crippen LogP contribution in [0.3, 0.4) is 0 Å². The number of nitrogens with zero attached hydrogens (tertiary/aromatic N) is 3. The van der Waals surface area contributed by atoms with Crippen LogP contribution in [0, 0.1) is 0 Å². The van der Waals surface area contributed by atoms with Crippen LogP contribution in [0.4, 0.5) is 4.79 Å². The zero-order valence-corrected chi connectivity index (χ0v) is 19.5. The molecule has 0 radical (unpaired) electrons. The maximum absolute atomic E-state index is 13.0. The quantitative estimate of drug-likeness (QED) is 0.353. The standard InChI is InChI=1S/C25H17ClN4O4S/c26-22-8-6-19(14-23(22)31)24-21(17-9-11-27-12-10-17)15-30(28-24)25(32)29-35(33,34)20-7-5-16-3-1-2-4-18(16)13-20/h1-15,31H,(H,29,32). The third kappa shape index (κ3) is 4.46. The van der Waals surface area contributed by atoms with Crippen molar-refractivity contribution in [3.8, 4) is 28.1 Å². The normalized spacial score (nSPS) is 11.5. The third-order valence-corrected chi connectivity index (χ3v) is 7.02. The lowest BCUT2D eigenvalue weighted by Gasteiger charge is -2.08. The van der Waals surface area contributed by atoms with E-state index in [1.165, 1.54) is 30.5 Å². The molecule has 8 nitrogen and oxygen atoms in total. The smallest absolute Gasteiger partial charge is 0.355 e. The molecule has 0 aliphatic rings. The van der Waals surface area contributed by atoms with Gasteiger partial charge in [0.2, 0.25) is 0 Å². The highest BCUT2D eigenvalue weighted by Gasteiger charge is 2.22. The van der Waals surface area contributed by atoms with Crippen LogP contribution in [0.5, 0.6) is 5.75 Å². The van der Waals surface area contributed by atoms with Crippen LogP contribution in [-0.2, 0) is 10.0 Å². The van der Waals surface area contributed by atoms with Crippen molar-refractivity contribution in [2.45, 2.75) is 4.90 Å². The summed E-state index contributed by atoms with van der Waals surface area (Å²) < 4.78 is 28.9. The van der Waals surface area contributed by atoms with Gasteiger partial charge in [-0.3, -0.25) is 4.98 Å². The first-order valence-corrected chi connectivity index (χ1v) is 12.2. The minimum absolute atomic E-state index is 0.0473. The van der Waals surface area contributed by atoms with Crippen LogP contribution >= 0.6 is 11.6 Å². The second kappa shape index (κ2) is 8.86. The minimum atomic E-state index is -4.17. The van der Waals surface area contributed by atoms with Gasteiger partial charge in [-0.2, -0.15) is 9.78 Å². The Morgan fingerprint density at radius 2 is 1.66 bits per heavy atom. The van der Waals surface area contributed by atoms with Crippen molar-refractivity contribution in [2.24, 2.45) is 0 Å². The van der Waals surface area contributed by atoms with Gasteiger partial charge in [-0.15, -0.1) is 0 Å². The van der Waals surface area contributed by atoms with E-state index in [-0.39, 0.29) is 15.7 Å². The fourth-order valence-electron chi connectivity index (χ4n) is 3.65. The maximum atomic E-state index is 13.0. The Labute approximate surface area is 205 Å². The number of sulfonamides is 1. The summed E-state index contributed by atoms with van der Waals surface area (Å²) in [5.74, 6) is -0.150.